The van der Waals surface area contributed by atoms with Crippen molar-refractivity contribution in [3.8, 4) is 11.6 Å². The van der Waals surface area contributed by atoms with Crippen LogP contribution in [0, 0.1) is 6.92 Å². The third kappa shape index (κ3) is 5.21. The third-order valence-electron chi connectivity index (χ3n) is 6.34. The van der Waals surface area contributed by atoms with Crippen molar-refractivity contribution in [3.05, 3.63) is 81.8 Å². The zero-order chi connectivity index (χ0) is 26.0. The Kier molecular flexibility index (Phi) is 6.70. The van der Waals surface area contributed by atoms with Crippen molar-refractivity contribution in [3.63, 3.8) is 0 Å². The number of nitrogens with zero attached hydrogens (tertiary/aromatic N) is 5. The van der Waals surface area contributed by atoms with Gasteiger partial charge in [-0.15, -0.1) is 21.5 Å². The molecule has 1 saturated heterocycles. The average molecular weight is 519 g/mol. The van der Waals surface area contributed by atoms with Gasteiger partial charge in [0.15, 0.2) is 0 Å². The first kappa shape index (κ1) is 24.6. The summed E-state index contributed by atoms with van der Waals surface area (Å²) in [6.07, 6.45) is 2.42. The number of pyridine rings is 1. The zero-order valence-electron chi connectivity index (χ0n) is 20.4. The smallest absolute Gasteiger partial charge is 0.405 e. The van der Waals surface area contributed by atoms with Gasteiger partial charge in [0.05, 0.1) is 6.04 Å². The summed E-state index contributed by atoms with van der Waals surface area (Å²) in [6.45, 7) is 4.29. The number of nitrogens with one attached hydrogen (secondary N) is 1. The summed E-state index contributed by atoms with van der Waals surface area (Å²) in [5.41, 5.74) is 1.48. The first-order chi connectivity index (χ1) is 17.8. The summed E-state index contributed by atoms with van der Waals surface area (Å²) >= 11 is 1.57. The Morgan fingerprint density at radius 2 is 2.05 bits per heavy atom. The number of rotatable bonds is 7. The Labute approximate surface area is 217 Å². The molecular formula is C26H26N6O4S. The number of carbonyl (C=O) groups is 2. The number of aromatic nitrogens is 4. The van der Waals surface area contributed by atoms with Gasteiger partial charge in [0, 0.05) is 35.8 Å². The molecule has 0 radical (unpaired) electrons. The Balaban J connectivity index is 1.40. The maximum atomic E-state index is 13.4. The van der Waals surface area contributed by atoms with E-state index in [1.54, 1.807) is 30.4 Å². The Morgan fingerprint density at radius 3 is 2.78 bits per heavy atom. The highest BCUT2D eigenvalue weighted by Gasteiger charge is 2.36. The van der Waals surface area contributed by atoms with Gasteiger partial charge >= 0.3 is 6.09 Å². The molecular weight excluding hydrogens is 492 g/mol. The normalized spacial score (nSPS) is 16.9. The molecule has 2 amide bonds. The van der Waals surface area contributed by atoms with E-state index in [-0.39, 0.29) is 23.7 Å². The highest BCUT2D eigenvalue weighted by Crippen LogP contribution is 2.35. The van der Waals surface area contributed by atoms with E-state index in [0.29, 0.717) is 24.2 Å². The van der Waals surface area contributed by atoms with E-state index in [4.69, 9.17) is 4.42 Å². The molecule has 4 aromatic rings. The average Bonchev–Trinajstić information content (AvgIpc) is 3.64. The Bertz CT molecular complexity index is 1420. The number of thiazole rings is 1. The van der Waals surface area contributed by atoms with E-state index in [1.807, 2.05) is 47.5 Å². The van der Waals surface area contributed by atoms with Crippen LogP contribution in [-0.4, -0.2) is 48.7 Å². The van der Waals surface area contributed by atoms with Crippen LogP contribution in [-0.2, 0) is 12.0 Å². The lowest BCUT2D eigenvalue weighted by atomic mass is 9.93. The number of hydrogen-bond acceptors (Lipinski definition) is 8. The predicted octanol–water partition coefficient (Wildman–Crippen LogP) is 4.60. The van der Waals surface area contributed by atoms with Crippen molar-refractivity contribution < 1.29 is 19.1 Å². The standard InChI is InChI=1S/C26H26N6O4S/c1-16-15-37-22(28-16)20-9-6-12-32(20)23(33)18-10-11-27-19(13-18)21-30-31-24(36-21)26(2,29-25(34)35)14-17-7-4-3-5-8-17/h3-5,7-8,10-11,13,15,20,29H,6,9,12,14H2,1-2H3,(H,34,35)/t20-,26-/m1/s1. The molecule has 10 nitrogen and oxygen atoms in total. The van der Waals surface area contributed by atoms with Crippen LogP contribution in [0.15, 0.2) is 58.5 Å². The molecule has 190 valence electrons. The summed E-state index contributed by atoms with van der Waals surface area (Å²) in [5, 5.41) is 23.2. The molecule has 0 aliphatic carbocycles. The van der Waals surface area contributed by atoms with E-state index < -0.39 is 11.6 Å². The number of carboxylic acid groups (broad SMARTS) is 1. The summed E-state index contributed by atoms with van der Waals surface area (Å²) in [5.74, 6) is 0.0934. The van der Waals surface area contributed by atoms with E-state index in [9.17, 15) is 14.7 Å². The number of aryl methyl sites for hydroxylation is 1. The molecule has 11 heteroatoms. The lowest BCUT2D eigenvalue weighted by molar-refractivity contribution is 0.0735. The van der Waals surface area contributed by atoms with Gasteiger partial charge in [-0.05, 0) is 44.4 Å². The Hall–Kier alpha value is -4.12. The molecule has 1 aliphatic rings. The number of hydrogen-bond donors (Lipinski definition) is 2. The van der Waals surface area contributed by atoms with E-state index in [2.05, 4.69) is 25.5 Å². The summed E-state index contributed by atoms with van der Waals surface area (Å²) in [7, 11) is 0. The minimum absolute atomic E-state index is 0.0430. The van der Waals surface area contributed by atoms with Gasteiger partial charge in [-0.3, -0.25) is 9.78 Å². The van der Waals surface area contributed by atoms with Gasteiger partial charge in [0.1, 0.15) is 16.2 Å². The third-order valence-corrected chi connectivity index (χ3v) is 7.41. The van der Waals surface area contributed by atoms with Crippen molar-refractivity contribution >= 4 is 23.3 Å². The lowest BCUT2D eigenvalue weighted by Gasteiger charge is -2.25. The number of likely N-dealkylation sites (tertiary alicyclic amines) is 1. The maximum Gasteiger partial charge on any atom is 0.405 e. The SMILES string of the molecule is Cc1csc([C@H]2CCCN2C(=O)c2ccnc(-c3nnc([C@@](C)(Cc4ccccc4)NC(=O)O)o3)c2)n1. The molecule has 3 aromatic heterocycles. The van der Waals surface area contributed by atoms with E-state index in [1.165, 1.54) is 6.20 Å². The van der Waals surface area contributed by atoms with Crippen molar-refractivity contribution in [2.24, 2.45) is 0 Å². The highest BCUT2D eigenvalue weighted by atomic mass is 32.1. The second kappa shape index (κ2) is 10.1. The van der Waals surface area contributed by atoms with Crippen LogP contribution >= 0.6 is 11.3 Å². The summed E-state index contributed by atoms with van der Waals surface area (Å²) in [4.78, 5) is 35.8. The van der Waals surface area contributed by atoms with Gasteiger partial charge < -0.3 is 19.7 Å². The second-order valence-corrected chi connectivity index (χ2v) is 10.1. The number of carbonyl (C=O) groups excluding carboxylic acids is 1. The molecule has 1 fully saturated rings. The van der Waals surface area contributed by atoms with Crippen LogP contribution in [0.5, 0.6) is 0 Å². The molecule has 2 N–H and O–H groups in total. The monoisotopic (exact) mass is 518 g/mol. The molecule has 1 aliphatic heterocycles. The quantitative estimate of drug-likeness (QED) is 0.362. The predicted molar refractivity (Wildman–Crippen MR) is 136 cm³/mol. The largest absolute Gasteiger partial charge is 0.465 e. The maximum absolute atomic E-state index is 13.4. The molecule has 4 heterocycles. The van der Waals surface area contributed by atoms with Crippen LogP contribution < -0.4 is 5.32 Å². The van der Waals surface area contributed by atoms with Crippen LogP contribution in [0.25, 0.3) is 11.6 Å². The molecule has 0 bridgehead atoms. The molecule has 0 spiro atoms. The van der Waals surface area contributed by atoms with Gasteiger partial charge in [0.2, 0.25) is 5.89 Å². The minimum Gasteiger partial charge on any atom is -0.465 e. The fourth-order valence-corrected chi connectivity index (χ4v) is 5.54. The van der Waals surface area contributed by atoms with Crippen molar-refractivity contribution in [1.29, 1.82) is 0 Å². The molecule has 0 saturated carbocycles. The summed E-state index contributed by atoms with van der Waals surface area (Å²) < 4.78 is 5.92. The molecule has 2 atom stereocenters. The fourth-order valence-electron chi connectivity index (χ4n) is 4.60. The van der Waals surface area contributed by atoms with Gasteiger partial charge in [-0.2, -0.15) is 0 Å². The van der Waals surface area contributed by atoms with Crippen LogP contribution in [0.2, 0.25) is 0 Å². The van der Waals surface area contributed by atoms with E-state index >= 15 is 0 Å². The minimum atomic E-state index is -1.21. The van der Waals surface area contributed by atoms with E-state index in [0.717, 1.165) is 29.1 Å². The molecule has 37 heavy (non-hydrogen) atoms. The lowest BCUT2D eigenvalue weighted by Crippen LogP contribution is -2.44. The topological polar surface area (TPSA) is 134 Å². The van der Waals surface area contributed by atoms with Crippen LogP contribution in [0.4, 0.5) is 4.79 Å². The van der Waals surface area contributed by atoms with Crippen molar-refractivity contribution in [2.45, 2.75) is 44.7 Å². The highest BCUT2D eigenvalue weighted by molar-refractivity contribution is 7.09. The van der Waals surface area contributed by atoms with Gasteiger partial charge in [-0.1, -0.05) is 30.3 Å². The first-order valence-electron chi connectivity index (χ1n) is 11.9. The zero-order valence-corrected chi connectivity index (χ0v) is 21.2. The molecule has 0 unspecified atom stereocenters. The van der Waals surface area contributed by atoms with Crippen LogP contribution in [0.1, 0.15) is 58.3 Å². The molecule has 1 aromatic carbocycles. The number of amides is 2. The first-order valence-corrected chi connectivity index (χ1v) is 12.8. The van der Waals surface area contributed by atoms with Crippen molar-refractivity contribution in [1.82, 2.24) is 30.4 Å². The van der Waals surface area contributed by atoms with Crippen LogP contribution in [0.3, 0.4) is 0 Å². The van der Waals surface area contributed by atoms with Gasteiger partial charge in [-0.25, -0.2) is 9.78 Å². The molecule has 5 rings (SSSR count). The van der Waals surface area contributed by atoms with Crippen molar-refractivity contribution in [2.75, 3.05) is 6.54 Å². The second-order valence-electron chi connectivity index (χ2n) is 9.25. The fraction of sp³-hybridized carbons (Fsp3) is 0.308. The van der Waals surface area contributed by atoms with Gasteiger partial charge in [0.25, 0.3) is 11.8 Å². The Morgan fingerprint density at radius 1 is 1.24 bits per heavy atom. The summed E-state index contributed by atoms with van der Waals surface area (Å²) in [6, 6.07) is 12.7. The number of benzene rings is 1.